The van der Waals surface area contributed by atoms with Crippen LogP contribution in [0.15, 0.2) is 42.5 Å². The topological polar surface area (TPSA) is 41.1 Å². The fourth-order valence-electron chi connectivity index (χ4n) is 2.85. The lowest BCUT2D eigenvalue weighted by atomic mass is 10.1. The summed E-state index contributed by atoms with van der Waals surface area (Å²) in [5.74, 6) is -0.246. The van der Waals surface area contributed by atoms with E-state index in [4.69, 9.17) is 0 Å². The van der Waals surface area contributed by atoms with Crippen molar-refractivity contribution < 1.29 is 9.18 Å². The molecular weight excluding hydrogens is 279 g/mol. The van der Waals surface area contributed by atoms with Crippen LogP contribution in [0.4, 0.5) is 9.18 Å². The van der Waals surface area contributed by atoms with Gasteiger partial charge in [-0.25, -0.2) is 9.18 Å². The van der Waals surface area contributed by atoms with Crippen molar-refractivity contribution in [2.24, 2.45) is 0 Å². The Kier molecular flexibility index (Phi) is 4.09. The van der Waals surface area contributed by atoms with E-state index in [1.165, 1.54) is 17.2 Å². The molecule has 114 valence electrons. The molecule has 0 fully saturated rings. The van der Waals surface area contributed by atoms with Crippen molar-refractivity contribution in [3.05, 3.63) is 70.5 Å². The summed E-state index contributed by atoms with van der Waals surface area (Å²) in [6.07, 6.45) is 1.91. The molecule has 2 aromatic rings. The van der Waals surface area contributed by atoms with Crippen molar-refractivity contribution in [2.45, 2.75) is 32.4 Å². The number of carbonyl (C=O) groups excluding carboxylic acids is 1. The molecule has 2 aromatic carbocycles. The van der Waals surface area contributed by atoms with E-state index in [9.17, 15) is 9.18 Å². The van der Waals surface area contributed by atoms with Crippen LogP contribution in [0, 0.1) is 12.7 Å². The van der Waals surface area contributed by atoms with Crippen molar-refractivity contribution in [3.8, 4) is 0 Å². The van der Waals surface area contributed by atoms with Gasteiger partial charge in [0.25, 0.3) is 0 Å². The van der Waals surface area contributed by atoms with E-state index in [0.29, 0.717) is 12.1 Å². The average molecular weight is 298 g/mol. The van der Waals surface area contributed by atoms with E-state index in [-0.39, 0.29) is 17.9 Å². The number of carbonyl (C=O) groups is 1. The maximum Gasteiger partial charge on any atom is 0.315 e. The summed E-state index contributed by atoms with van der Waals surface area (Å²) < 4.78 is 13.5. The van der Waals surface area contributed by atoms with Crippen molar-refractivity contribution >= 4 is 6.03 Å². The molecule has 4 heteroatoms. The van der Waals surface area contributed by atoms with Crippen LogP contribution in [-0.2, 0) is 13.0 Å². The molecule has 2 N–H and O–H groups in total. The zero-order chi connectivity index (χ0) is 15.5. The molecule has 0 heterocycles. The largest absolute Gasteiger partial charge is 0.334 e. The van der Waals surface area contributed by atoms with Gasteiger partial charge in [-0.2, -0.15) is 0 Å². The third-order valence-corrected chi connectivity index (χ3v) is 4.13. The van der Waals surface area contributed by atoms with E-state index < -0.39 is 0 Å². The molecule has 3 nitrogen and oxygen atoms in total. The Hall–Kier alpha value is -2.36. The highest BCUT2D eigenvalue weighted by Crippen LogP contribution is 2.30. The lowest BCUT2D eigenvalue weighted by molar-refractivity contribution is 0.236. The number of hydrogen-bond donors (Lipinski definition) is 2. The second-order valence-electron chi connectivity index (χ2n) is 5.70. The minimum Gasteiger partial charge on any atom is -0.334 e. The average Bonchev–Trinajstić information content (AvgIpc) is 2.92. The molecule has 0 bridgehead atoms. The molecule has 2 amide bonds. The van der Waals surface area contributed by atoms with Crippen LogP contribution in [-0.4, -0.2) is 6.03 Å². The molecule has 0 aromatic heterocycles. The number of rotatable bonds is 3. The van der Waals surface area contributed by atoms with E-state index >= 15 is 0 Å². The molecule has 1 aliphatic rings. The second-order valence-corrected chi connectivity index (χ2v) is 5.70. The van der Waals surface area contributed by atoms with Crippen LogP contribution < -0.4 is 10.6 Å². The summed E-state index contributed by atoms with van der Waals surface area (Å²) in [5.41, 5.74) is 3.85. The number of hydrogen-bond acceptors (Lipinski definition) is 1. The lowest BCUT2D eigenvalue weighted by Crippen LogP contribution is -2.36. The van der Waals surface area contributed by atoms with Gasteiger partial charge in [-0.3, -0.25) is 0 Å². The van der Waals surface area contributed by atoms with Gasteiger partial charge in [0.2, 0.25) is 0 Å². The minimum atomic E-state index is -0.246. The van der Waals surface area contributed by atoms with E-state index in [1.807, 2.05) is 18.2 Å². The third-order valence-electron chi connectivity index (χ3n) is 4.13. The number of benzene rings is 2. The molecular formula is C18H19FN2O. The van der Waals surface area contributed by atoms with E-state index in [1.54, 1.807) is 13.0 Å². The number of amides is 2. The Morgan fingerprint density at radius 1 is 1.27 bits per heavy atom. The summed E-state index contributed by atoms with van der Waals surface area (Å²) in [4.78, 5) is 12.0. The van der Waals surface area contributed by atoms with Crippen molar-refractivity contribution in [2.75, 3.05) is 0 Å². The van der Waals surface area contributed by atoms with Gasteiger partial charge in [0.1, 0.15) is 5.82 Å². The number of nitrogens with one attached hydrogen (secondary N) is 2. The predicted molar refractivity (Wildman–Crippen MR) is 84.0 cm³/mol. The van der Waals surface area contributed by atoms with Gasteiger partial charge in [-0.1, -0.05) is 36.4 Å². The first kappa shape index (κ1) is 14.6. The van der Waals surface area contributed by atoms with Gasteiger partial charge >= 0.3 is 6.03 Å². The summed E-state index contributed by atoms with van der Waals surface area (Å²) in [6, 6.07) is 13.0. The van der Waals surface area contributed by atoms with Crippen molar-refractivity contribution in [1.82, 2.24) is 10.6 Å². The van der Waals surface area contributed by atoms with Crippen molar-refractivity contribution in [3.63, 3.8) is 0 Å². The molecule has 0 saturated heterocycles. The Morgan fingerprint density at radius 3 is 2.91 bits per heavy atom. The molecule has 22 heavy (non-hydrogen) atoms. The predicted octanol–water partition coefficient (Wildman–Crippen LogP) is 3.62. The lowest BCUT2D eigenvalue weighted by Gasteiger charge is -2.15. The van der Waals surface area contributed by atoms with Crippen LogP contribution in [0.2, 0.25) is 0 Å². The third kappa shape index (κ3) is 3.11. The first-order valence-electron chi connectivity index (χ1n) is 7.50. The number of aryl methyl sites for hydroxylation is 2. The Labute approximate surface area is 129 Å². The molecule has 0 radical (unpaired) electrons. The standard InChI is InChI=1S/C18H19FN2O/c1-12-6-7-13(10-16(12)19)11-20-18(22)21-17-9-8-14-4-2-3-5-15(14)17/h2-7,10,17H,8-9,11H2,1H3,(H2,20,21,22). The molecule has 3 rings (SSSR count). The molecule has 0 aliphatic heterocycles. The molecule has 0 spiro atoms. The van der Waals surface area contributed by atoms with Gasteiger partial charge in [-0.05, 0) is 48.1 Å². The Bertz CT molecular complexity index is 699. The van der Waals surface area contributed by atoms with Crippen LogP contribution >= 0.6 is 0 Å². The van der Waals surface area contributed by atoms with Gasteiger partial charge in [0.05, 0.1) is 6.04 Å². The Balaban J connectivity index is 1.56. The Morgan fingerprint density at radius 2 is 2.09 bits per heavy atom. The first-order chi connectivity index (χ1) is 10.6. The maximum atomic E-state index is 13.5. The molecule has 1 unspecified atom stereocenters. The summed E-state index contributed by atoms with van der Waals surface area (Å²) >= 11 is 0. The van der Waals surface area contributed by atoms with Gasteiger partial charge in [0.15, 0.2) is 0 Å². The zero-order valence-electron chi connectivity index (χ0n) is 12.5. The molecule has 1 aliphatic carbocycles. The quantitative estimate of drug-likeness (QED) is 0.893. The highest BCUT2D eigenvalue weighted by Gasteiger charge is 2.23. The fraction of sp³-hybridized carbons (Fsp3) is 0.278. The number of urea groups is 1. The molecule has 1 atom stereocenters. The van der Waals surface area contributed by atoms with Gasteiger partial charge < -0.3 is 10.6 Å². The second kappa shape index (κ2) is 6.18. The monoisotopic (exact) mass is 298 g/mol. The molecule has 0 saturated carbocycles. The van der Waals surface area contributed by atoms with Crippen LogP contribution in [0.1, 0.15) is 34.7 Å². The highest BCUT2D eigenvalue weighted by atomic mass is 19.1. The van der Waals surface area contributed by atoms with Crippen LogP contribution in [0.5, 0.6) is 0 Å². The highest BCUT2D eigenvalue weighted by molar-refractivity contribution is 5.74. The minimum absolute atomic E-state index is 0.0611. The summed E-state index contributed by atoms with van der Waals surface area (Å²) in [5, 5.41) is 5.77. The van der Waals surface area contributed by atoms with E-state index in [2.05, 4.69) is 22.8 Å². The van der Waals surface area contributed by atoms with E-state index in [0.717, 1.165) is 18.4 Å². The summed E-state index contributed by atoms with van der Waals surface area (Å²) in [6.45, 7) is 2.04. The smallest absolute Gasteiger partial charge is 0.315 e. The van der Waals surface area contributed by atoms with Crippen molar-refractivity contribution in [1.29, 1.82) is 0 Å². The van der Waals surface area contributed by atoms with Crippen LogP contribution in [0.25, 0.3) is 0 Å². The fourth-order valence-corrected chi connectivity index (χ4v) is 2.85. The maximum absolute atomic E-state index is 13.5. The summed E-state index contributed by atoms with van der Waals surface area (Å²) in [7, 11) is 0. The van der Waals surface area contributed by atoms with Crippen LogP contribution in [0.3, 0.4) is 0 Å². The number of fused-ring (bicyclic) bond motifs is 1. The number of halogens is 1. The SMILES string of the molecule is Cc1ccc(CNC(=O)NC2CCc3ccccc32)cc1F. The first-order valence-corrected chi connectivity index (χ1v) is 7.50. The normalized spacial score (nSPS) is 16.2. The van der Waals surface area contributed by atoms with Gasteiger partial charge in [-0.15, -0.1) is 0 Å². The van der Waals surface area contributed by atoms with Gasteiger partial charge in [0, 0.05) is 6.54 Å². The zero-order valence-corrected chi connectivity index (χ0v) is 12.5.